The Bertz CT molecular complexity index is 451. The highest BCUT2D eigenvalue weighted by Gasteiger charge is 2.31. The van der Waals surface area contributed by atoms with E-state index in [1.165, 1.54) is 12.1 Å². The molecule has 1 amide bonds. The van der Waals surface area contributed by atoms with Crippen molar-refractivity contribution in [1.82, 2.24) is 10.2 Å². The molecule has 1 unspecified atom stereocenters. The zero-order chi connectivity index (χ0) is 13.8. The number of halogens is 2. The number of hydrogen-bond acceptors (Lipinski definition) is 2. The van der Waals surface area contributed by atoms with Crippen LogP contribution in [0.3, 0.4) is 0 Å². The molecular formula is C15H22ClFN2O. The maximum Gasteiger partial charge on any atom is 0.226 e. The van der Waals surface area contributed by atoms with E-state index in [0.717, 1.165) is 18.7 Å². The van der Waals surface area contributed by atoms with Crippen LogP contribution in [-0.4, -0.2) is 30.4 Å². The van der Waals surface area contributed by atoms with E-state index < -0.39 is 0 Å². The average molecular weight is 301 g/mol. The van der Waals surface area contributed by atoms with Gasteiger partial charge in [-0.1, -0.05) is 19.1 Å². The highest BCUT2D eigenvalue weighted by molar-refractivity contribution is 5.85. The lowest BCUT2D eigenvalue weighted by molar-refractivity contribution is -0.137. The third kappa shape index (κ3) is 3.93. The number of carbonyl (C=O) groups excluding carboxylic acids is 1. The first-order valence-electron chi connectivity index (χ1n) is 6.85. The van der Waals surface area contributed by atoms with Gasteiger partial charge in [0.1, 0.15) is 5.82 Å². The van der Waals surface area contributed by atoms with E-state index in [1.807, 2.05) is 19.9 Å². The molecule has 2 rings (SSSR count). The van der Waals surface area contributed by atoms with Crippen LogP contribution in [0.5, 0.6) is 0 Å². The van der Waals surface area contributed by atoms with Gasteiger partial charge in [-0.2, -0.15) is 0 Å². The van der Waals surface area contributed by atoms with Gasteiger partial charge in [0.25, 0.3) is 0 Å². The van der Waals surface area contributed by atoms with Crippen LogP contribution in [0.15, 0.2) is 24.3 Å². The van der Waals surface area contributed by atoms with Gasteiger partial charge in [-0.15, -0.1) is 12.4 Å². The van der Waals surface area contributed by atoms with Crippen molar-refractivity contribution < 1.29 is 9.18 Å². The Morgan fingerprint density at radius 3 is 2.70 bits per heavy atom. The molecule has 1 heterocycles. The fraction of sp³-hybridized carbons (Fsp3) is 0.533. The van der Waals surface area contributed by atoms with Crippen molar-refractivity contribution in [3.8, 4) is 0 Å². The maximum absolute atomic E-state index is 13.2. The zero-order valence-electron chi connectivity index (χ0n) is 11.9. The summed E-state index contributed by atoms with van der Waals surface area (Å²) < 4.78 is 13.2. The number of nitrogens with zero attached hydrogens (tertiary/aromatic N) is 1. The predicted molar refractivity (Wildman–Crippen MR) is 80.3 cm³/mol. The van der Waals surface area contributed by atoms with Crippen LogP contribution in [0.4, 0.5) is 4.39 Å². The quantitative estimate of drug-likeness (QED) is 0.906. The van der Waals surface area contributed by atoms with Crippen molar-refractivity contribution in [2.75, 3.05) is 19.6 Å². The highest BCUT2D eigenvalue weighted by atomic mass is 35.5. The number of rotatable bonds is 5. The van der Waals surface area contributed by atoms with Gasteiger partial charge in [-0.3, -0.25) is 4.79 Å². The van der Waals surface area contributed by atoms with Gasteiger partial charge in [0, 0.05) is 19.0 Å². The largest absolute Gasteiger partial charge is 0.338 e. The molecule has 112 valence electrons. The van der Waals surface area contributed by atoms with Crippen molar-refractivity contribution in [2.45, 2.75) is 20.4 Å². The topological polar surface area (TPSA) is 32.3 Å². The van der Waals surface area contributed by atoms with Gasteiger partial charge in [0.05, 0.1) is 0 Å². The van der Waals surface area contributed by atoms with E-state index in [0.29, 0.717) is 19.0 Å². The minimum Gasteiger partial charge on any atom is -0.338 e. The maximum atomic E-state index is 13.2. The van der Waals surface area contributed by atoms with Crippen LogP contribution in [-0.2, 0) is 11.3 Å². The Kier molecular flexibility index (Phi) is 6.43. The lowest BCUT2D eigenvalue weighted by Crippen LogP contribution is -2.50. The van der Waals surface area contributed by atoms with E-state index in [9.17, 15) is 9.18 Å². The van der Waals surface area contributed by atoms with Crippen LogP contribution >= 0.6 is 12.4 Å². The molecule has 0 aliphatic carbocycles. The van der Waals surface area contributed by atoms with E-state index >= 15 is 0 Å². The Morgan fingerprint density at radius 1 is 1.50 bits per heavy atom. The molecule has 1 fully saturated rings. The number of amides is 1. The summed E-state index contributed by atoms with van der Waals surface area (Å²) in [5.41, 5.74) is 0.842. The zero-order valence-corrected chi connectivity index (χ0v) is 12.8. The Balaban J connectivity index is 0.00000200. The number of nitrogens with one attached hydrogen (secondary N) is 1. The monoisotopic (exact) mass is 300 g/mol. The number of carbonyl (C=O) groups is 1. The summed E-state index contributed by atoms with van der Waals surface area (Å²) in [4.78, 5) is 14.2. The number of benzene rings is 1. The summed E-state index contributed by atoms with van der Waals surface area (Å²) in [6.07, 6.45) is 0. The molecule has 0 spiro atoms. The van der Waals surface area contributed by atoms with Crippen molar-refractivity contribution in [2.24, 2.45) is 11.8 Å². The van der Waals surface area contributed by atoms with Crippen LogP contribution < -0.4 is 5.32 Å². The molecule has 1 aliphatic heterocycles. The van der Waals surface area contributed by atoms with Crippen molar-refractivity contribution in [1.29, 1.82) is 0 Å². The summed E-state index contributed by atoms with van der Waals surface area (Å²) in [5.74, 6) is 0.388. The molecule has 0 bridgehead atoms. The Morgan fingerprint density at radius 2 is 2.20 bits per heavy atom. The normalized spacial score (nSPS) is 15.9. The molecule has 0 saturated carbocycles. The lowest BCUT2D eigenvalue weighted by atomic mass is 9.88. The summed E-state index contributed by atoms with van der Waals surface area (Å²) in [6.45, 7) is 6.93. The first kappa shape index (κ1) is 16.9. The van der Waals surface area contributed by atoms with Gasteiger partial charge in [-0.05, 0) is 43.6 Å². The smallest absolute Gasteiger partial charge is 0.226 e. The van der Waals surface area contributed by atoms with Crippen molar-refractivity contribution in [3.05, 3.63) is 35.6 Å². The highest BCUT2D eigenvalue weighted by Crippen LogP contribution is 2.19. The first-order valence-corrected chi connectivity index (χ1v) is 6.85. The standard InChI is InChI=1S/C15H21FN2O.ClH/c1-3-18(10-12-5-4-6-14(16)7-12)15(19)11(2)13-8-17-9-13;/h4-7,11,13,17H,3,8-10H2,1-2H3;1H. The Hall–Kier alpha value is -1.13. The van der Waals surface area contributed by atoms with Crippen LogP contribution in [0.25, 0.3) is 0 Å². The van der Waals surface area contributed by atoms with E-state index in [1.54, 1.807) is 11.0 Å². The van der Waals surface area contributed by atoms with Gasteiger partial charge >= 0.3 is 0 Å². The first-order chi connectivity index (χ1) is 9.11. The molecule has 0 radical (unpaired) electrons. The lowest BCUT2D eigenvalue weighted by Gasteiger charge is -2.34. The van der Waals surface area contributed by atoms with Gasteiger partial charge in [0.15, 0.2) is 0 Å². The average Bonchev–Trinajstić information content (AvgIpc) is 2.33. The molecule has 5 heteroatoms. The van der Waals surface area contributed by atoms with Crippen LogP contribution in [0.2, 0.25) is 0 Å². The summed E-state index contributed by atoms with van der Waals surface area (Å²) in [7, 11) is 0. The van der Waals surface area contributed by atoms with Crippen molar-refractivity contribution >= 4 is 18.3 Å². The molecule has 0 aromatic heterocycles. The minimum absolute atomic E-state index is 0. The molecule has 1 aliphatic rings. The van der Waals surface area contributed by atoms with Gasteiger partial charge in [-0.25, -0.2) is 4.39 Å². The third-order valence-electron chi connectivity index (χ3n) is 3.87. The molecule has 20 heavy (non-hydrogen) atoms. The molecule has 1 saturated heterocycles. The van der Waals surface area contributed by atoms with Crippen LogP contribution in [0, 0.1) is 17.7 Å². The fourth-order valence-corrected chi connectivity index (χ4v) is 2.36. The molecule has 1 N–H and O–H groups in total. The second kappa shape index (κ2) is 7.60. The van der Waals surface area contributed by atoms with Gasteiger partial charge < -0.3 is 10.2 Å². The molecule has 1 aromatic rings. The Labute approximate surface area is 125 Å². The summed E-state index contributed by atoms with van der Waals surface area (Å²) >= 11 is 0. The molecule has 3 nitrogen and oxygen atoms in total. The second-order valence-electron chi connectivity index (χ2n) is 5.19. The summed E-state index contributed by atoms with van der Waals surface area (Å²) in [6, 6.07) is 6.45. The third-order valence-corrected chi connectivity index (χ3v) is 3.87. The van der Waals surface area contributed by atoms with E-state index in [4.69, 9.17) is 0 Å². The second-order valence-corrected chi connectivity index (χ2v) is 5.19. The van der Waals surface area contributed by atoms with Crippen LogP contribution in [0.1, 0.15) is 19.4 Å². The minimum atomic E-state index is -0.253. The number of hydrogen-bond donors (Lipinski definition) is 1. The van der Waals surface area contributed by atoms with Gasteiger partial charge in [0.2, 0.25) is 5.91 Å². The molecule has 1 atom stereocenters. The predicted octanol–water partition coefficient (Wildman–Crippen LogP) is 2.45. The van der Waals surface area contributed by atoms with E-state index in [-0.39, 0.29) is 30.0 Å². The SMILES string of the molecule is CCN(Cc1cccc(F)c1)C(=O)C(C)C1CNC1.Cl. The summed E-state index contributed by atoms with van der Waals surface area (Å²) in [5, 5.41) is 3.19. The van der Waals surface area contributed by atoms with Crippen molar-refractivity contribution in [3.63, 3.8) is 0 Å². The molecule has 1 aromatic carbocycles. The molecular weight excluding hydrogens is 279 g/mol. The van der Waals surface area contributed by atoms with E-state index in [2.05, 4.69) is 5.32 Å². The fourth-order valence-electron chi connectivity index (χ4n) is 2.36.